The van der Waals surface area contributed by atoms with Crippen molar-refractivity contribution in [2.75, 3.05) is 18.9 Å². The third kappa shape index (κ3) is 2.85. The molecule has 0 aliphatic heterocycles. The molecule has 0 bridgehead atoms. The van der Waals surface area contributed by atoms with Gasteiger partial charge in [0, 0.05) is 12.4 Å². The molecule has 0 spiro atoms. The monoisotopic (exact) mass is 236 g/mol. The van der Waals surface area contributed by atoms with Gasteiger partial charge in [0.15, 0.2) is 0 Å². The number of anilines is 1. The molecule has 0 saturated carbocycles. The second-order valence-electron chi connectivity index (χ2n) is 3.90. The van der Waals surface area contributed by atoms with E-state index < -0.39 is 0 Å². The minimum absolute atomic E-state index is 0.193. The summed E-state index contributed by atoms with van der Waals surface area (Å²) >= 11 is 0. The molecule has 0 fully saturated rings. The molecular weight excluding hydrogens is 220 g/mol. The Bertz CT molecular complexity index is 495. The number of nitrogens with zero attached hydrogens (tertiary/aromatic N) is 3. The van der Waals surface area contributed by atoms with Gasteiger partial charge in [-0.05, 0) is 13.8 Å². The highest BCUT2D eigenvalue weighted by atomic mass is 16.5. The molecule has 0 radical (unpaired) electrons. The first-order valence-electron chi connectivity index (χ1n) is 5.50. The predicted molar refractivity (Wildman–Crippen MR) is 64.0 cm³/mol. The molecule has 17 heavy (non-hydrogen) atoms. The third-order valence-corrected chi connectivity index (χ3v) is 2.14. The Morgan fingerprint density at radius 1 is 1.41 bits per heavy atom. The van der Waals surface area contributed by atoms with E-state index in [0.29, 0.717) is 30.6 Å². The molecule has 2 N–H and O–H groups in total. The van der Waals surface area contributed by atoms with Gasteiger partial charge >= 0.3 is 0 Å². The van der Waals surface area contributed by atoms with Crippen LogP contribution < -0.4 is 10.5 Å². The summed E-state index contributed by atoms with van der Waals surface area (Å²) in [5, 5.41) is 0. The molecule has 0 aromatic carbocycles. The first-order valence-corrected chi connectivity index (χ1v) is 5.50. The lowest BCUT2D eigenvalue weighted by Crippen LogP contribution is -2.12. The summed E-state index contributed by atoms with van der Waals surface area (Å²) in [5.41, 5.74) is 6.32. The van der Waals surface area contributed by atoms with Crippen molar-refractivity contribution < 1.29 is 9.47 Å². The average Bonchev–Trinajstić information content (AvgIpc) is 2.71. The molecule has 6 heteroatoms. The second-order valence-corrected chi connectivity index (χ2v) is 3.90. The van der Waals surface area contributed by atoms with E-state index in [1.807, 2.05) is 13.8 Å². The zero-order valence-corrected chi connectivity index (χ0v) is 9.96. The quantitative estimate of drug-likeness (QED) is 0.787. The number of nitrogen functional groups attached to an aromatic ring is 1. The highest BCUT2D eigenvalue weighted by molar-refractivity contribution is 5.52. The van der Waals surface area contributed by atoms with Gasteiger partial charge in [-0.3, -0.25) is 4.40 Å². The summed E-state index contributed by atoms with van der Waals surface area (Å²) in [6.07, 6.45) is 5.36. The Morgan fingerprint density at radius 2 is 2.24 bits per heavy atom. The van der Waals surface area contributed by atoms with Crippen LogP contribution in [-0.2, 0) is 4.74 Å². The molecule has 0 aliphatic carbocycles. The summed E-state index contributed by atoms with van der Waals surface area (Å²) in [6, 6.07) is 0. The standard InChI is InChI=1S/C11H16N4O2/c1-8(2)16-5-6-17-11-10-13-3-4-15(10)7-9(12)14-11/h3-4,7-8H,5-6,12H2,1-2H3. The Hall–Kier alpha value is -1.82. The highest BCUT2D eigenvalue weighted by Gasteiger charge is 2.07. The Kier molecular flexibility index (Phi) is 3.43. The summed E-state index contributed by atoms with van der Waals surface area (Å²) in [4.78, 5) is 8.26. The van der Waals surface area contributed by atoms with Crippen molar-refractivity contribution in [3.63, 3.8) is 0 Å². The molecule has 92 valence electrons. The number of hydrogen-bond acceptors (Lipinski definition) is 5. The summed E-state index contributed by atoms with van der Waals surface area (Å²) < 4.78 is 12.7. The SMILES string of the molecule is CC(C)OCCOc1nc(N)cn2ccnc12. The maximum Gasteiger partial charge on any atom is 0.260 e. The molecule has 0 unspecified atom stereocenters. The average molecular weight is 236 g/mol. The van der Waals surface area contributed by atoms with Gasteiger partial charge < -0.3 is 15.2 Å². The van der Waals surface area contributed by atoms with Crippen molar-refractivity contribution in [2.24, 2.45) is 0 Å². The van der Waals surface area contributed by atoms with E-state index in [2.05, 4.69) is 9.97 Å². The van der Waals surface area contributed by atoms with Crippen LogP contribution in [0.5, 0.6) is 5.88 Å². The maximum absolute atomic E-state index is 5.67. The van der Waals surface area contributed by atoms with E-state index in [1.165, 1.54) is 0 Å². The van der Waals surface area contributed by atoms with Crippen LogP contribution in [0, 0.1) is 0 Å². The largest absolute Gasteiger partial charge is 0.473 e. The number of hydrogen-bond donors (Lipinski definition) is 1. The molecule has 6 nitrogen and oxygen atoms in total. The number of ether oxygens (including phenoxy) is 2. The fraction of sp³-hybridized carbons (Fsp3) is 0.455. The highest BCUT2D eigenvalue weighted by Crippen LogP contribution is 2.16. The Balaban J connectivity index is 2.04. The van der Waals surface area contributed by atoms with Gasteiger partial charge in [0.05, 0.1) is 18.9 Å². The van der Waals surface area contributed by atoms with Gasteiger partial charge in [0.25, 0.3) is 5.88 Å². The van der Waals surface area contributed by atoms with E-state index in [-0.39, 0.29) is 6.10 Å². The van der Waals surface area contributed by atoms with Crippen LogP contribution in [-0.4, -0.2) is 33.7 Å². The van der Waals surface area contributed by atoms with Crippen molar-refractivity contribution in [3.8, 4) is 5.88 Å². The fourth-order valence-corrected chi connectivity index (χ4v) is 1.44. The second kappa shape index (κ2) is 5.01. The molecule has 2 rings (SSSR count). The normalized spacial score (nSPS) is 11.2. The maximum atomic E-state index is 5.67. The van der Waals surface area contributed by atoms with Gasteiger partial charge in [-0.15, -0.1) is 0 Å². The van der Waals surface area contributed by atoms with Gasteiger partial charge in [-0.1, -0.05) is 0 Å². The smallest absolute Gasteiger partial charge is 0.260 e. The zero-order chi connectivity index (χ0) is 12.3. The lowest BCUT2D eigenvalue weighted by Gasteiger charge is -2.09. The third-order valence-electron chi connectivity index (χ3n) is 2.14. The van der Waals surface area contributed by atoms with Crippen molar-refractivity contribution >= 4 is 11.5 Å². The molecule has 0 aliphatic rings. The lowest BCUT2D eigenvalue weighted by molar-refractivity contribution is 0.0545. The predicted octanol–water partition coefficient (Wildman–Crippen LogP) is 1.12. The minimum atomic E-state index is 0.193. The van der Waals surface area contributed by atoms with Crippen molar-refractivity contribution in [2.45, 2.75) is 20.0 Å². The van der Waals surface area contributed by atoms with E-state index in [9.17, 15) is 0 Å². The van der Waals surface area contributed by atoms with Gasteiger partial charge in [0.1, 0.15) is 12.4 Å². The fourth-order valence-electron chi connectivity index (χ4n) is 1.44. The van der Waals surface area contributed by atoms with Crippen molar-refractivity contribution in [1.82, 2.24) is 14.4 Å². The summed E-state index contributed by atoms with van der Waals surface area (Å²) in [6.45, 7) is 4.90. The summed E-state index contributed by atoms with van der Waals surface area (Å²) in [7, 11) is 0. The van der Waals surface area contributed by atoms with Crippen LogP contribution in [0.1, 0.15) is 13.8 Å². The molecule has 0 atom stereocenters. The van der Waals surface area contributed by atoms with Gasteiger partial charge in [0.2, 0.25) is 5.65 Å². The van der Waals surface area contributed by atoms with Crippen LogP contribution in [0.4, 0.5) is 5.82 Å². The van der Waals surface area contributed by atoms with Crippen LogP contribution in [0.2, 0.25) is 0 Å². The van der Waals surface area contributed by atoms with Crippen LogP contribution >= 0.6 is 0 Å². The van der Waals surface area contributed by atoms with Crippen molar-refractivity contribution in [3.05, 3.63) is 18.6 Å². The summed E-state index contributed by atoms with van der Waals surface area (Å²) in [5.74, 6) is 0.831. The van der Waals surface area contributed by atoms with Gasteiger partial charge in [-0.2, -0.15) is 4.98 Å². The van der Waals surface area contributed by atoms with Crippen LogP contribution in [0.25, 0.3) is 5.65 Å². The van der Waals surface area contributed by atoms with E-state index in [4.69, 9.17) is 15.2 Å². The van der Waals surface area contributed by atoms with E-state index in [0.717, 1.165) is 0 Å². The first-order chi connectivity index (χ1) is 8.16. The number of fused-ring (bicyclic) bond motifs is 1. The Morgan fingerprint density at radius 3 is 3.00 bits per heavy atom. The number of rotatable bonds is 5. The molecule has 0 amide bonds. The number of nitrogens with two attached hydrogens (primary N) is 1. The van der Waals surface area contributed by atoms with Crippen molar-refractivity contribution in [1.29, 1.82) is 0 Å². The zero-order valence-electron chi connectivity index (χ0n) is 9.96. The number of imidazole rings is 1. The number of aromatic nitrogens is 3. The molecule has 0 saturated heterocycles. The van der Waals surface area contributed by atoms with Gasteiger partial charge in [-0.25, -0.2) is 4.98 Å². The van der Waals surface area contributed by atoms with E-state index >= 15 is 0 Å². The van der Waals surface area contributed by atoms with E-state index in [1.54, 1.807) is 23.0 Å². The molecular formula is C11H16N4O2. The molecule has 2 heterocycles. The lowest BCUT2D eigenvalue weighted by atomic mass is 10.5. The molecule has 2 aromatic heterocycles. The van der Waals surface area contributed by atoms with Crippen LogP contribution in [0.3, 0.4) is 0 Å². The first kappa shape index (κ1) is 11.7. The van der Waals surface area contributed by atoms with Crippen LogP contribution in [0.15, 0.2) is 18.6 Å². The topological polar surface area (TPSA) is 74.7 Å². The molecule has 2 aromatic rings. The minimum Gasteiger partial charge on any atom is -0.473 e. The Labute approximate surface area is 99.4 Å².